The highest BCUT2D eigenvalue weighted by Gasteiger charge is 2.04. The monoisotopic (exact) mass is 168 g/mol. The van der Waals surface area contributed by atoms with E-state index in [0.717, 1.165) is 6.16 Å². The molecular weight excluding hydrogens is 155 g/mol. The third kappa shape index (κ3) is 7.00. The zero-order chi connectivity index (χ0) is 6.78. The van der Waals surface area contributed by atoms with Crippen LogP contribution in [0.2, 0.25) is 0 Å². The lowest BCUT2D eigenvalue weighted by Crippen LogP contribution is -1.91. The third-order valence-corrected chi connectivity index (χ3v) is 3.05. The van der Waals surface area contributed by atoms with E-state index in [9.17, 15) is 0 Å². The Balaban J connectivity index is 3.56. The smallest absolute Gasteiger partial charge is 0.000733 e. The third-order valence-electron chi connectivity index (χ3n) is 0.704. The normalized spacial score (nSPS) is 18.6. The molecule has 0 radical (unpaired) electrons. The summed E-state index contributed by atoms with van der Waals surface area (Å²) < 4.78 is 0. The van der Waals surface area contributed by atoms with Crippen molar-refractivity contribution in [3.05, 3.63) is 0 Å². The molecule has 0 bridgehead atoms. The molecule has 0 spiro atoms. The van der Waals surface area contributed by atoms with Gasteiger partial charge in [-0.05, 0) is 18.7 Å². The molecule has 0 rings (SSSR count). The molecule has 0 aromatic rings. The van der Waals surface area contributed by atoms with Crippen molar-refractivity contribution >= 4 is 29.3 Å². The maximum Gasteiger partial charge on any atom is 0.000733 e. The second-order valence-electron chi connectivity index (χ2n) is 2.63. The van der Waals surface area contributed by atoms with Gasteiger partial charge in [-0.2, -0.15) is 0 Å². The van der Waals surface area contributed by atoms with Crippen molar-refractivity contribution < 1.29 is 0 Å². The molecule has 1 atom stereocenters. The summed E-state index contributed by atoms with van der Waals surface area (Å²) in [5.74, 6) is 0.711. The predicted molar refractivity (Wildman–Crippen MR) is 48.9 cm³/mol. The van der Waals surface area contributed by atoms with Crippen LogP contribution in [0.4, 0.5) is 0 Å². The van der Waals surface area contributed by atoms with Crippen LogP contribution in [0.15, 0.2) is 0 Å². The second-order valence-corrected chi connectivity index (χ2v) is 11.0. The first-order valence-corrected chi connectivity index (χ1v) is 7.30. The molecule has 3 heteroatoms. The highest BCUT2D eigenvalue weighted by atomic mass is 32.9. The van der Waals surface area contributed by atoms with E-state index < -0.39 is 5.24 Å². The van der Waals surface area contributed by atoms with Gasteiger partial charge in [-0.15, -0.1) is 12.2 Å². The Kier molecular flexibility index (Phi) is 3.64. The summed E-state index contributed by atoms with van der Waals surface area (Å²) in [6, 6.07) is 0. The molecule has 0 fully saturated rings. The second kappa shape index (κ2) is 3.24. The molecule has 8 heavy (non-hydrogen) atoms. The minimum absolute atomic E-state index is 0.711. The van der Waals surface area contributed by atoms with Gasteiger partial charge >= 0.3 is 0 Å². The average molecular weight is 168 g/mol. The fraction of sp³-hybridized carbons (Fsp3) is 1.00. The molecule has 1 unspecified atom stereocenters. The summed E-state index contributed by atoms with van der Waals surface area (Å²) in [5, 5.41) is -1.19. The molecular formula is C5H13PS2. The van der Waals surface area contributed by atoms with E-state index in [1.807, 2.05) is 0 Å². The molecule has 0 aliphatic carbocycles. The molecule has 0 nitrogen and oxygen atoms in total. The van der Waals surface area contributed by atoms with Gasteiger partial charge in [-0.3, -0.25) is 0 Å². The summed E-state index contributed by atoms with van der Waals surface area (Å²) in [7, 11) is 0. The van der Waals surface area contributed by atoms with Crippen LogP contribution < -0.4 is 0 Å². The lowest BCUT2D eigenvalue weighted by Gasteiger charge is -2.10. The molecule has 50 valence electrons. The van der Waals surface area contributed by atoms with Crippen molar-refractivity contribution in [1.29, 1.82) is 0 Å². The molecule has 0 aromatic heterocycles. The maximum atomic E-state index is 5.14. The highest BCUT2D eigenvalue weighted by molar-refractivity contribution is 8.63. The molecule has 0 aliphatic heterocycles. The fourth-order valence-corrected chi connectivity index (χ4v) is 3.91. The van der Waals surface area contributed by atoms with Gasteiger partial charge in [-0.1, -0.05) is 25.7 Å². The quantitative estimate of drug-likeness (QED) is 0.488. The van der Waals surface area contributed by atoms with Crippen LogP contribution in [0.1, 0.15) is 13.8 Å². The van der Waals surface area contributed by atoms with E-state index in [4.69, 9.17) is 11.8 Å². The zero-order valence-electron chi connectivity index (χ0n) is 5.59. The Morgan fingerprint density at radius 2 is 2.00 bits per heavy atom. The van der Waals surface area contributed by atoms with Crippen molar-refractivity contribution in [2.45, 2.75) is 13.8 Å². The van der Waals surface area contributed by atoms with Crippen LogP contribution in [0, 0.1) is 5.92 Å². The van der Waals surface area contributed by atoms with E-state index in [1.54, 1.807) is 0 Å². The van der Waals surface area contributed by atoms with Crippen molar-refractivity contribution in [3.8, 4) is 0 Å². The van der Waals surface area contributed by atoms with Crippen molar-refractivity contribution in [2.75, 3.05) is 12.8 Å². The largest absolute Gasteiger partial charge is 0.141 e. The van der Waals surface area contributed by atoms with Crippen LogP contribution in [-0.4, -0.2) is 12.8 Å². The minimum atomic E-state index is -1.19. The molecule has 0 aliphatic rings. The van der Waals surface area contributed by atoms with E-state index in [2.05, 4.69) is 32.8 Å². The van der Waals surface area contributed by atoms with Crippen LogP contribution in [0.3, 0.4) is 0 Å². The fourth-order valence-electron chi connectivity index (χ4n) is 0.678. The Morgan fingerprint density at radius 3 is 2.00 bits per heavy atom. The van der Waals surface area contributed by atoms with Gasteiger partial charge in [0.05, 0.1) is 0 Å². The van der Waals surface area contributed by atoms with Crippen molar-refractivity contribution in [3.63, 3.8) is 0 Å². The van der Waals surface area contributed by atoms with E-state index in [1.165, 1.54) is 0 Å². The first kappa shape index (κ1) is 9.00. The lowest BCUT2D eigenvalue weighted by molar-refractivity contribution is 0.747. The van der Waals surface area contributed by atoms with Gasteiger partial charge < -0.3 is 0 Å². The predicted octanol–water partition coefficient (Wildman–Crippen LogP) is 2.60. The topological polar surface area (TPSA) is 0 Å². The van der Waals surface area contributed by atoms with Gasteiger partial charge in [0.1, 0.15) is 0 Å². The average Bonchev–Trinajstić information content (AvgIpc) is 1.21. The molecule has 0 N–H and O–H groups in total. The lowest BCUT2D eigenvalue weighted by atomic mass is 10.3. The summed E-state index contributed by atoms with van der Waals surface area (Å²) >= 11 is 9.46. The molecule has 0 amide bonds. The van der Waals surface area contributed by atoms with Crippen LogP contribution >= 0.6 is 17.5 Å². The van der Waals surface area contributed by atoms with Crippen molar-refractivity contribution in [1.82, 2.24) is 0 Å². The van der Waals surface area contributed by atoms with E-state index in [0.29, 0.717) is 5.92 Å². The zero-order valence-corrected chi connectivity index (χ0v) is 8.19. The Labute approximate surface area is 62.2 Å². The van der Waals surface area contributed by atoms with Crippen molar-refractivity contribution in [2.24, 2.45) is 5.92 Å². The maximum absolute atomic E-state index is 5.14. The van der Waals surface area contributed by atoms with Crippen LogP contribution in [0.5, 0.6) is 0 Å². The Hall–Kier alpha value is 1.00. The summed E-state index contributed by atoms with van der Waals surface area (Å²) in [4.78, 5) is 0. The van der Waals surface area contributed by atoms with Gasteiger partial charge in [0.15, 0.2) is 0 Å². The first-order valence-electron chi connectivity index (χ1n) is 2.71. The standard InChI is InChI=1S/C5H13PS2/c1-5(2)4-6(3,7)8/h5H,4H2,1-3H3,(H,7,8). The van der Waals surface area contributed by atoms with Gasteiger partial charge in [0.2, 0.25) is 0 Å². The molecule has 0 saturated carbocycles. The van der Waals surface area contributed by atoms with Gasteiger partial charge in [0.25, 0.3) is 0 Å². The summed E-state index contributed by atoms with van der Waals surface area (Å²) in [6.45, 7) is 6.44. The summed E-state index contributed by atoms with van der Waals surface area (Å²) in [5.41, 5.74) is 0. The van der Waals surface area contributed by atoms with Crippen LogP contribution in [-0.2, 0) is 11.8 Å². The first-order chi connectivity index (χ1) is 3.42. The number of rotatable bonds is 2. The highest BCUT2D eigenvalue weighted by Crippen LogP contribution is 2.47. The molecule has 0 saturated heterocycles. The number of thiol groups is 1. The molecule has 0 aromatic carbocycles. The minimum Gasteiger partial charge on any atom is -0.141 e. The SMILES string of the molecule is CC(C)CP(C)(=S)S. The van der Waals surface area contributed by atoms with Crippen LogP contribution in [0.25, 0.3) is 0 Å². The van der Waals surface area contributed by atoms with E-state index in [-0.39, 0.29) is 0 Å². The Bertz CT molecular complexity index is 103. The van der Waals surface area contributed by atoms with Gasteiger partial charge in [0, 0.05) is 5.24 Å². The van der Waals surface area contributed by atoms with E-state index >= 15 is 0 Å². The molecule has 0 heterocycles. The van der Waals surface area contributed by atoms with Gasteiger partial charge in [-0.25, -0.2) is 0 Å². The summed E-state index contributed by atoms with van der Waals surface area (Å²) in [6.07, 6.45) is 1.12. The Morgan fingerprint density at radius 1 is 1.62 bits per heavy atom. The number of hydrogen-bond donors (Lipinski definition) is 1. The number of hydrogen-bond acceptors (Lipinski definition) is 1.